The van der Waals surface area contributed by atoms with Gasteiger partial charge in [0.15, 0.2) is 0 Å². The molecule has 0 aromatic carbocycles. The monoisotopic (exact) mass is 310 g/mol. The molecule has 1 aliphatic heterocycles. The molecule has 1 unspecified atom stereocenters. The van der Waals surface area contributed by atoms with Gasteiger partial charge in [0.25, 0.3) is 0 Å². The average molecular weight is 310 g/mol. The lowest BCUT2D eigenvalue weighted by Gasteiger charge is -2.35. The van der Waals surface area contributed by atoms with Gasteiger partial charge in [0, 0.05) is 26.2 Å². The molecule has 0 saturated heterocycles. The van der Waals surface area contributed by atoms with E-state index in [-0.39, 0.29) is 24.4 Å². The molecule has 0 aromatic rings. The Hall–Kier alpha value is -1.69. The van der Waals surface area contributed by atoms with Gasteiger partial charge >= 0.3 is 11.9 Å². The molecule has 0 N–H and O–H groups in total. The Morgan fingerprint density at radius 1 is 1.23 bits per heavy atom. The van der Waals surface area contributed by atoms with Gasteiger partial charge in [-0.05, 0) is 18.9 Å². The summed E-state index contributed by atoms with van der Waals surface area (Å²) in [5.74, 6) is -0.815. The Labute approximate surface area is 129 Å². The number of carbonyl (C=O) groups excluding carboxylic acids is 3. The molecule has 122 valence electrons. The highest BCUT2D eigenvalue weighted by atomic mass is 16.6. The summed E-state index contributed by atoms with van der Waals surface area (Å²) >= 11 is 0. The van der Waals surface area contributed by atoms with Gasteiger partial charge in [-0.3, -0.25) is 14.4 Å². The fourth-order valence-corrected chi connectivity index (χ4v) is 2.89. The molecular weight excluding hydrogens is 288 g/mol. The number of rotatable bonds is 4. The number of Topliss-reactive ketones (excluding diaryl/α,β-unsaturated/α-hetero) is 1. The molecule has 1 saturated carbocycles. The van der Waals surface area contributed by atoms with Crippen LogP contribution in [0.25, 0.3) is 0 Å². The molecule has 0 spiro atoms. The van der Waals surface area contributed by atoms with Gasteiger partial charge in [-0.15, -0.1) is 0 Å². The number of hydrogen-bond acceptors (Lipinski definition) is 6. The lowest BCUT2D eigenvalue weighted by atomic mass is 9.83. The van der Waals surface area contributed by atoms with E-state index in [9.17, 15) is 14.4 Å². The average Bonchev–Trinajstić information content (AvgIpc) is 2.46. The number of ketones is 1. The quantitative estimate of drug-likeness (QED) is 0.579. The van der Waals surface area contributed by atoms with Crippen molar-refractivity contribution in [3.63, 3.8) is 0 Å². The van der Waals surface area contributed by atoms with E-state index >= 15 is 0 Å². The summed E-state index contributed by atoms with van der Waals surface area (Å²) < 4.78 is 16.1. The molecule has 6 heteroatoms. The molecule has 0 amide bonds. The molecule has 0 radical (unpaired) electrons. The molecule has 0 aromatic heterocycles. The van der Waals surface area contributed by atoms with Crippen LogP contribution in [0.1, 0.15) is 39.5 Å². The molecular formula is C16H22O6. The van der Waals surface area contributed by atoms with Gasteiger partial charge < -0.3 is 14.2 Å². The fourth-order valence-electron chi connectivity index (χ4n) is 2.89. The second-order valence-corrected chi connectivity index (χ2v) is 5.72. The van der Waals surface area contributed by atoms with E-state index in [0.29, 0.717) is 6.42 Å². The fraction of sp³-hybridized carbons (Fsp3) is 0.688. The molecule has 2 aliphatic rings. The van der Waals surface area contributed by atoms with Crippen molar-refractivity contribution in [2.24, 2.45) is 5.92 Å². The van der Waals surface area contributed by atoms with Crippen molar-refractivity contribution < 1.29 is 28.6 Å². The Kier molecular flexibility index (Phi) is 5.71. The van der Waals surface area contributed by atoms with Crippen molar-refractivity contribution in [3.05, 3.63) is 12.2 Å². The van der Waals surface area contributed by atoms with E-state index in [4.69, 9.17) is 14.2 Å². The van der Waals surface area contributed by atoms with Gasteiger partial charge in [0.2, 0.25) is 0 Å². The molecule has 4 atom stereocenters. The van der Waals surface area contributed by atoms with Gasteiger partial charge in [-0.2, -0.15) is 0 Å². The van der Waals surface area contributed by atoms with E-state index in [1.807, 2.05) is 0 Å². The third-order valence-electron chi connectivity index (χ3n) is 3.94. The lowest BCUT2D eigenvalue weighted by Crippen LogP contribution is -2.45. The maximum atomic E-state index is 12.0. The van der Waals surface area contributed by atoms with Crippen LogP contribution in [0, 0.1) is 5.92 Å². The van der Waals surface area contributed by atoms with Crippen molar-refractivity contribution >= 4 is 17.7 Å². The Morgan fingerprint density at radius 3 is 2.64 bits per heavy atom. The highest BCUT2D eigenvalue weighted by Crippen LogP contribution is 2.30. The van der Waals surface area contributed by atoms with Gasteiger partial charge in [-0.1, -0.05) is 12.5 Å². The minimum atomic E-state index is -0.605. The Morgan fingerprint density at radius 2 is 2.00 bits per heavy atom. The zero-order valence-electron chi connectivity index (χ0n) is 12.9. The van der Waals surface area contributed by atoms with Gasteiger partial charge in [0.1, 0.15) is 24.6 Å². The van der Waals surface area contributed by atoms with Crippen LogP contribution in [0.15, 0.2) is 12.2 Å². The van der Waals surface area contributed by atoms with Crippen LogP contribution in [-0.4, -0.2) is 42.6 Å². The molecule has 1 fully saturated rings. The second kappa shape index (κ2) is 7.54. The first kappa shape index (κ1) is 16.7. The summed E-state index contributed by atoms with van der Waals surface area (Å²) in [7, 11) is 0. The Balaban J connectivity index is 2.06. The molecule has 1 heterocycles. The van der Waals surface area contributed by atoms with E-state index in [0.717, 1.165) is 19.3 Å². The minimum absolute atomic E-state index is 0.00493. The van der Waals surface area contributed by atoms with E-state index < -0.39 is 24.1 Å². The third kappa shape index (κ3) is 4.40. The van der Waals surface area contributed by atoms with Gasteiger partial charge in [-0.25, -0.2) is 0 Å². The first-order chi connectivity index (χ1) is 10.5. The van der Waals surface area contributed by atoms with Crippen LogP contribution >= 0.6 is 0 Å². The summed E-state index contributed by atoms with van der Waals surface area (Å²) in [5.41, 5.74) is 0. The summed E-state index contributed by atoms with van der Waals surface area (Å²) in [6, 6.07) is 0. The van der Waals surface area contributed by atoms with Crippen LogP contribution in [0.5, 0.6) is 0 Å². The topological polar surface area (TPSA) is 78.9 Å². The first-order valence-electron chi connectivity index (χ1n) is 7.64. The predicted octanol–water partition coefficient (Wildman–Crippen LogP) is 1.56. The second-order valence-electron chi connectivity index (χ2n) is 5.72. The largest absolute Gasteiger partial charge is 0.463 e. The number of ether oxygens (including phenoxy) is 3. The summed E-state index contributed by atoms with van der Waals surface area (Å²) in [6.07, 6.45) is 5.29. The van der Waals surface area contributed by atoms with Crippen molar-refractivity contribution in [2.75, 3.05) is 6.61 Å². The molecule has 0 bridgehead atoms. The standard InChI is InChI=1S/C16H22O6/c1-10(17)20-9-16-15(21-11(2)18)8-7-14(22-16)12-5-3-4-6-13(12)19/h7-8,12,14-16H,3-6,9H2,1-2H3/t12?,14-,15-,16+/m0/s1. The molecule has 2 rings (SSSR count). The smallest absolute Gasteiger partial charge is 0.303 e. The molecule has 6 nitrogen and oxygen atoms in total. The normalized spacial score (nSPS) is 31.6. The first-order valence-corrected chi connectivity index (χ1v) is 7.64. The van der Waals surface area contributed by atoms with E-state index in [1.54, 1.807) is 12.2 Å². The van der Waals surface area contributed by atoms with E-state index in [2.05, 4.69) is 0 Å². The number of esters is 2. The zero-order valence-corrected chi connectivity index (χ0v) is 12.9. The van der Waals surface area contributed by atoms with Crippen molar-refractivity contribution in [2.45, 2.75) is 57.8 Å². The van der Waals surface area contributed by atoms with Crippen molar-refractivity contribution in [1.29, 1.82) is 0 Å². The van der Waals surface area contributed by atoms with Crippen LogP contribution in [0.4, 0.5) is 0 Å². The summed E-state index contributed by atoms with van der Waals surface area (Å²) in [5, 5.41) is 0. The molecule has 22 heavy (non-hydrogen) atoms. The maximum Gasteiger partial charge on any atom is 0.303 e. The summed E-state index contributed by atoms with van der Waals surface area (Å²) in [6.45, 7) is 2.62. The van der Waals surface area contributed by atoms with Gasteiger partial charge in [0.05, 0.1) is 6.10 Å². The lowest BCUT2D eigenvalue weighted by molar-refractivity contribution is -0.168. The van der Waals surface area contributed by atoms with Crippen molar-refractivity contribution in [3.8, 4) is 0 Å². The minimum Gasteiger partial charge on any atom is -0.463 e. The van der Waals surface area contributed by atoms with E-state index in [1.165, 1.54) is 13.8 Å². The van der Waals surface area contributed by atoms with Crippen LogP contribution in [-0.2, 0) is 28.6 Å². The third-order valence-corrected chi connectivity index (χ3v) is 3.94. The van der Waals surface area contributed by atoms with Crippen LogP contribution in [0.2, 0.25) is 0 Å². The predicted molar refractivity (Wildman–Crippen MR) is 77.0 cm³/mol. The molecule has 1 aliphatic carbocycles. The summed E-state index contributed by atoms with van der Waals surface area (Å²) in [4.78, 5) is 34.2. The SMILES string of the molecule is CC(=O)OC[C@H]1O[C@H](C2CCCCC2=O)C=C[C@@H]1OC(C)=O. The highest BCUT2D eigenvalue weighted by Gasteiger charge is 2.37. The number of carbonyl (C=O) groups is 3. The number of hydrogen-bond donors (Lipinski definition) is 0. The maximum absolute atomic E-state index is 12.0. The van der Waals surface area contributed by atoms with Crippen LogP contribution < -0.4 is 0 Å². The zero-order chi connectivity index (χ0) is 16.1. The van der Waals surface area contributed by atoms with Crippen molar-refractivity contribution in [1.82, 2.24) is 0 Å². The highest BCUT2D eigenvalue weighted by molar-refractivity contribution is 5.82. The Bertz CT molecular complexity index is 469. The van der Waals surface area contributed by atoms with Crippen LogP contribution in [0.3, 0.4) is 0 Å².